The lowest BCUT2D eigenvalue weighted by Crippen LogP contribution is -2.40. The largest absolute Gasteiger partial charge is 0.227 e. The first-order chi connectivity index (χ1) is 7.18. The molecule has 0 bridgehead atoms. The maximum Gasteiger partial charge on any atom is 0.132 e. The fourth-order valence-electron chi connectivity index (χ4n) is 1.25. The van der Waals surface area contributed by atoms with E-state index < -0.39 is 11.6 Å². The highest BCUT2D eigenvalue weighted by molar-refractivity contribution is 5.84. The summed E-state index contributed by atoms with van der Waals surface area (Å²) in [5.74, 6) is 4.41. The molecule has 0 atom stereocenters. The van der Waals surface area contributed by atoms with E-state index >= 15 is 0 Å². The monoisotopic (exact) mass is 210 g/mol. The SMILES string of the molecule is NN1NN=CC=C1c1cc(F)ccc1F. The van der Waals surface area contributed by atoms with Crippen molar-refractivity contribution >= 4 is 11.9 Å². The molecule has 78 valence electrons. The molecule has 0 aliphatic carbocycles. The van der Waals surface area contributed by atoms with Gasteiger partial charge >= 0.3 is 0 Å². The number of hydrogen-bond acceptors (Lipinski definition) is 4. The molecule has 0 radical (unpaired) electrons. The van der Waals surface area contributed by atoms with Crippen LogP contribution in [0.5, 0.6) is 0 Å². The number of nitrogens with one attached hydrogen (secondary N) is 1. The van der Waals surface area contributed by atoms with Crippen LogP contribution in [0.1, 0.15) is 5.56 Å². The molecule has 4 nitrogen and oxygen atoms in total. The summed E-state index contributed by atoms with van der Waals surface area (Å²) in [5, 5.41) is 4.63. The minimum atomic E-state index is -0.546. The maximum atomic E-state index is 13.4. The zero-order valence-corrected chi connectivity index (χ0v) is 7.61. The van der Waals surface area contributed by atoms with Crippen molar-refractivity contribution in [3.8, 4) is 0 Å². The van der Waals surface area contributed by atoms with Crippen LogP contribution in [0.25, 0.3) is 5.70 Å². The summed E-state index contributed by atoms with van der Waals surface area (Å²) in [5.41, 5.74) is 2.79. The van der Waals surface area contributed by atoms with Gasteiger partial charge in [0.1, 0.15) is 11.6 Å². The van der Waals surface area contributed by atoms with Gasteiger partial charge in [0, 0.05) is 5.56 Å². The summed E-state index contributed by atoms with van der Waals surface area (Å²) in [7, 11) is 0. The highest BCUT2D eigenvalue weighted by Crippen LogP contribution is 2.20. The zero-order chi connectivity index (χ0) is 10.8. The number of hydrogen-bond donors (Lipinski definition) is 2. The Hall–Kier alpha value is -1.95. The molecule has 0 spiro atoms. The van der Waals surface area contributed by atoms with Crippen LogP contribution in [0.4, 0.5) is 8.78 Å². The molecule has 3 N–H and O–H groups in total. The molecule has 0 unspecified atom stereocenters. The van der Waals surface area contributed by atoms with Crippen molar-refractivity contribution in [1.29, 1.82) is 0 Å². The van der Waals surface area contributed by atoms with Crippen molar-refractivity contribution in [2.75, 3.05) is 0 Å². The van der Waals surface area contributed by atoms with Crippen LogP contribution < -0.4 is 11.4 Å². The Bertz CT molecular complexity index is 442. The molecule has 2 rings (SSSR count). The van der Waals surface area contributed by atoms with Gasteiger partial charge in [-0.2, -0.15) is 5.10 Å². The predicted octanol–water partition coefficient (Wildman–Crippen LogP) is 0.985. The Morgan fingerprint density at radius 1 is 1.33 bits per heavy atom. The van der Waals surface area contributed by atoms with Gasteiger partial charge in [0.2, 0.25) is 0 Å². The third-order valence-electron chi connectivity index (χ3n) is 1.94. The number of halogens is 2. The van der Waals surface area contributed by atoms with Crippen molar-refractivity contribution in [2.45, 2.75) is 0 Å². The van der Waals surface area contributed by atoms with Gasteiger partial charge in [0.25, 0.3) is 0 Å². The van der Waals surface area contributed by atoms with E-state index in [0.717, 1.165) is 23.3 Å². The van der Waals surface area contributed by atoms with Gasteiger partial charge in [-0.15, -0.1) is 0 Å². The lowest BCUT2D eigenvalue weighted by atomic mass is 10.1. The van der Waals surface area contributed by atoms with E-state index in [9.17, 15) is 8.78 Å². The average Bonchev–Trinajstić information content (AvgIpc) is 2.23. The highest BCUT2D eigenvalue weighted by atomic mass is 19.1. The normalized spacial score (nSPS) is 14.9. The van der Waals surface area contributed by atoms with Gasteiger partial charge in [0.05, 0.1) is 11.9 Å². The Kier molecular flexibility index (Phi) is 2.34. The van der Waals surface area contributed by atoms with E-state index in [4.69, 9.17) is 5.84 Å². The minimum Gasteiger partial charge on any atom is -0.227 e. The molecular formula is C9H8F2N4. The van der Waals surface area contributed by atoms with E-state index in [1.165, 1.54) is 12.3 Å². The first-order valence-corrected chi connectivity index (χ1v) is 4.18. The standard InChI is InChI=1S/C9H8F2N4/c10-6-1-2-8(11)7(5-6)9-3-4-13-14-15(9)12/h1-5,14H,12H2. The van der Waals surface area contributed by atoms with Crippen LogP contribution in [0, 0.1) is 11.6 Å². The number of allylic oxidation sites excluding steroid dienone is 1. The lowest BCUT2D eigenvalue weighted by Gasteiger charge is -2.23. The van der Waals surface area contributed by atoms with Crippen molar-refractivity contribution in [3.05, 3.63) is 41.5 Å². The quantitative estimate of drug-likeness (QED) is 0.679. The maximum absolute atomic E-state index is 13.4. The molecule has 15 heavy (non-hydrogen) atoms. The summed E-state index contributed by atoms with van der Waals surface area (Å²) < 4.78 is 26.3. The molecule has 1 aliphatic heterocycles. The second-order valence-electron chi connectivity index (χ2n) is 2.92. The molecule has 1 heterocycles. The van der Waals surface area contributed by atoms with Gasteiger partial charge in [0.15, 0.2) is 0 Å². The molecule has 0 saturated heterocycles. The number of nitrogens with zero attached hydrogens (tertiary/aromatic N) is 2. The Labute approximate surface area is 84.6 Å². The fourth-order valence-corrected chi connectivity index (χ4v) is 1.25. The molecular weight excluding hydrogens is 202 g/mol. The molecule has 1 aliphatic rings. The molecule has 0 fully saturated rings. The zero-order valence-electron chi connectivity index (χ0n) is 7.61. The smallest absolute Gasteiger partial charge is 0.132 e. The van der Waals surface area contributed by atoms with Crippen LogP contribution in [0.15, 0.2) is 29.4 Å². The number of rotatable bonds is 1. The van der Waals surface area contributed by atoms with Crippen LogP contribution >= 0.6 is 0 Å². The summed E-state index contributed by atoms with van der Waals surface area (Å²) in [6, 6.07) is 3.16. The summed E-state index contributed by atoms with van der Waals surface area (Å²) >= 11 is 0. The third kappa shape index (κ3) is 1.79. The summed E-state index contributed by atoms with van der Waals surface area (Å²) in [6.45, 7) is 0. The van der Waals surface area contributed by atoms with E-state index in [2.05, 4.69) is 10.6 Å². The number of hydrazone groups is 1. The Morgan fingerprint density at radius 2 is 2.13 bits per heavy atom. The molecule has 1 aromatic rings. The second kappa shape index (κ2) is 3.66. The second-order valence-corrected chi connectivity index (χ2v) is 2.92. The Morgan fingerprint density at radius 3 is 2.87 bits per heavy atom. The first-order valence-electron chi connectivity index (χ1n) is 4.18. The van der Waals surface area contributed by atoms with Crippen LogP contribution in [-0.2, 0) is 0 Å². The van der Waals surface area contributed by atoms with Crippen molar-refractivity contribution < 1.29 is 8.78 Å². The van der Waals surface area contributed by atoms with Gasteiger partial charge in [-0.05, 0) is 24.3 Å². The summed E-state index contributed by atoms with van der Waals surface area (Å²) in [4.78, 5) is 0. The van der Waals surface area contributed by atoms with E-state index in [-0.39, 0.29) is 5.56 Å². The van der Waals surface area contributed by atoms with E-state index in [0.29, 0.717) is 5.70 Å². The predicted molar refractivity (Wildman–Crippen MR) is 52.0 cm³/mol. The average molecular weight is 210 g/mol. The van der Waals surface area contributed by atoms with Crippen molar-refractivity contribution in [3.63, 3.8) is 0 Å². The fraction of sp³-hybridized carbons (Fsp3) is 0. The Balaban J connectivity index is 2.48. The molecule has 1 aromatic carbocycles. The molecule has 0 amide bonds. The molecule has 0 aromatic heterocycles. The van der Waals surface area contributed by atoms with Gasteiger partial charge in [-0.1, -0.05) is 0 Å². The number of nitrogens with two attached hydrogens (primary N) is 1. The van der Waals surface area contributed by atoms with Crippen LogP contribution in [0.3, 0.4) is 0 Å². The molecule has 6 heteroatoms. The van der Waals surface area contributed by atoms with Gasteiger partial charge < -0.3 is 0 Å². The number of benzene rings is 1. The van der Waals surface area contributed by atoms with E-state index in [1.54, 1.807) is 0 Å². The molecule has 0 saturated carbocycles. The van der Waals surface area contributed by atoms with Crippen LogP contribution in [-0.4, -0.2) is 11.3 Å². The summed E-state index contributed by atoms with van der Waals surface area (Å²) in [6.07, 6.45) is 2.89. The highest BCUT2D eigenvalue weighted by Gasteiger charge is 2.14. The topological polar surface area (TPSA) is 53.6 Å². The minimum absolute atomic E-state index is 0.0798. The lowest BCUT2D eigenvalue weighted by molar-refractivity contribution is 0.303. The van der Waals surface area contributed by atoms with Gasteiger partial charge in [-0.25, -0.2) is 25.3 Å². The number of hydrazine groups is 2. The first kappa shape index (κ1) is 9.60. The van der Waals surface area contributed by atoms with Crippen molar-refractivity contribution in [1.82, 2.24) is 10.7 Å². The van der Waals surface area contributed by atoms with Crippen LogP contribution in [0.2, 0.25) is 0 Å². The van der Waals surface area contributed by atoms with Gasteiger partial charge in [-0.3, -0.25) is 0 Å². The van der Waals surface area contributed by atoms with Crippen molar-refractivity contribution in [2.24, 2.45) is 10.9 Å². The third-order valence-corrected chi connectivity index (χ3v) is 1.94. The van der Waals surface area contributed by atoms with E-state index in [1.807, 2.05) is 0 Å².